The summed E-state index contributed by atoms with van der Waals surface area (Å²) in [6.07, 6.45) is 0. The van der Waals surface area contributed by atoms with Crippen LogP contribution in [0.3, 0.4) is 0 Å². The van der Waals surface area contributed by atoms with Crippen molar-refractivity contribution in [1.29, 1.82) is 0 Å². The topological polar surface area (TPSA) is 98.5 Å². The van der Waals surface area contributed by atoms with Gasteiger partial charge in [0, 0.05) is 11.8 Å². The van der Waals surface area contributed by atoms with Gasteiger partial charge in [0.2, 0.25) is 0 Å². The van der Waals surface area contributed by atoms with Gasteiger partial charge in [-0.15, -0.1) is 0 Å². The molecule has 0 aliphatic carbocycles. The first-order chi connectivity index (χ1) is 11.8. The molecule has 2 aromatic rings. The number of anilines is 1. The van der Waals surface area contributed by atoms with E-state index in [0.717, 1.165) is 17.2 Å². The summed E-state index contributed by atoms with van der Waals surface area (Å²) in [6.45, 7) is 3.31. The first kappa shape index (κ1) is 18.6. The summed E-state index contributed by atoms with van der Waals surface area (Å²) in [4.78, 5) is 34.1. The van der Waals surface area contributed by atoms with Gasteiger partial charge in [-0.25, -0.2) is 4.79 Å². The Hall–Kier alpha value is -2.74. The molecule has 0 heterocycles. The minimum atomic E-state index is -0.814. The van der Waals surface area contributed by atoms with Crippen LogP contribution in [0.4, 0.5) is 11.4 Å². The number of hydrogen-bond acceptors (Lipinski definition) is 5. The van der Waals surface area contributed by atoms with Crippen LogP contribution in [0, 0.1) is 24.0 Å². The standard InChI is InChI=1S/C17H15BrN2O5/c1-10-3-6-14(11(2)7-10)19-16(21)9-25-17(22)12-4-5-13(18)15(8-12)20(23)24/h3-8H,9H2,1-2H3,(H,19,21). The third-order valence-electron chi connectivity index (χ3n) is 3.37. The molecule has 2 rings (SSSR count). The van der Waals surface area contributed by atoms with E-state index in [-0.39, 0.29) is 15.7 Å². The van der Waals surface area contributed by atoms with E-state index in [9.17, 15) is 19.7 Å². The summed E-state index contributed by atoms with van der Waals surface area (Å²) in [7, 11) is 0. The first-order valence-corrected chi connectivity index (χ1v) is 8.05. The lowest BCUT2D eigenvalue weighted by Gasteiger charge is -2.09. The van der Waals surface area contributed by atoms with Crippen LogP contribution in [0.15, 0.2) is 40.9 Å². The fraction of sp³-hybridized carbons (Fsp3) is 0.176. The second-order valence-electron chi connectivity index (χ2n) is 5.37. The van der Waals surface area contributed by atoms with Crippen molar-refractivity contribution in [3.05, 3.63) is 67.7 Å². The Labute approximate surface area is 152 Å². The number of carbonyl (C=O) groups is 2. The van der Waals surface area contributed by atoms with E-state index >= 15 is 0 Å². The maximum Gasteiger partial charge on any atom is 0.338 e. The Balaban J connectivity index is 1.98. The zero-order valence-corrected chi connectivity index (χ0v) is 15.1. The number of nitro benzene ring substituents is 1. The highest BCUT2D eigenvalue weighted by Gasteiger charge is 2.17. The number of nitrogens with zero attached hydrogens (tertiary/aromatic N) is 1. The van der Waals surface area contributed by atoms with Crippen LogP contribution in [0.2, 0.25) is 0 Å². The molecule has 0 spiro atoms. The SMILES string of the molecule is Cc1ccc(NC(=O)COC(=O)c2ccc(Br)c([N+](=O)[O-])c2)c(C)c1. The van der Waals surface area contributed by atoms with E-state index in [0.29, 0.717) is 5.69 Å². The monoisotopic (exact) mass is 406 g/mol. The Bertz CT molecular complexity index is 851. The molecular formula is C17H15BrN2O5. The van der Waals surface area contributed by atoms with Gasteiger partial charge in [0.05, 0.1) is 15.0 Å². The summed E-state index contributed by atoms with van der Waals surface area (Å²) in [5.74, 6) is -1.31. The van der Waals surface area contributed by atoms with Crippen LogP contribution in [0.5, 0.6) is 0 Å². The van der Waals surface area contributed by atoms with Gasteiger partial charge in [-0.1, -0.05) is 17.7 Å². The van der Waals surface area contributed by atoms with Crippen LogP contribution in [-0.4, -0.2) is 23.4 Å². The number of hydrogen-bond donors (Lipinski definition) is 1. The highest BCUT2D eigenvalue weighted by Crippen LogP contribution is 2.25. The molecular weight excluding hydrogens is 392 g/mol. The maximum atomic E-state index is 12.0. The molecule has 130 valence electrons. The molecule has 1 amide bonds. The van der Waals surface area contributed by atoms with E-state index in [1.165, 1.54) is 12.1 Å². The number of esters is 1. The van der Waals surface area contributed by atoms with Crippen molar-refractivity contribution in [3.63, 3.8) is 0 Å². The van der Waals surface area contributed by atoms with Crippen molar-refractivity contribution in [3.8, 4) is 0 Å². The van der Waals surface area contributed by atoms with Gasteiger partial charge in [0.1, 0.15) is 0 Å². The van der Waals surface area contributed by atoms with Gasteiger partial charge in [-0.05, 0) is 53.5 Å². The van der Waals surface area contributed by atoms with E-state index in [2.05, 4.69) is 21.2 Å². The van der Waals surface area contributed by atoms with Crippen molar-refractivity contribution < 1.29 is 19.2 Å². The highest BCUT2D eigenvalue weighted by atomic mass is 79.9. The number of halogens is 1. The lowest BCUT2D eigenvalue weighted by Crippen LogP contribution is -2.21. The number of nitrogens with one attached hydrogen (secondary N) is 1. The quantitative estimate of drug-likeness (QED) is 0.462. The Morgan fingerprint density at radius 1 is 1.20 bits per heavy atom. The molecule has 0 aliphatic rings. The minimum Gasteiger partial charge on any atom is -0.452 e. The average molecular weight is 407 g/mol. The summed E-state index contributed by atoms with van der Waals surface area (Å²) >= 11 is 3.03. The minimum absolute atomic E-state index is 0.00536. The van der Waals surface area contributed by atoms with Gasteiger partial charge < -0.3 is 10.1 Å². The Morgan fingerprint density at radius 3 is 2.56 bits per heavy atom. The van der Waals surface area contributed by atoms with E-state index in [1.54, 1.807) is 6.07 Å². The number of carbonyl (C=O) groups excluding carboxylic acids is 2. The van der Waals surface area contributed by atoms with Gasteiger partial charge in [-0.3, -0.25) is 14.9 Å². The fourth-order valence-corrected chi connectivity index (χ4v) is 2.53. The third kappa shape index (κ3) is 4.87. The van der Waals surface area contributed by atoms with E-state index in [4.69, 9.17) is 4.74 Å². The van der Waals surface area contributed by atoms with Crippen molar-refractivity contribution in [2.45, 2.75) is 13.8 Å². The number of nitro groups is 1. The van der Waals surface area contributed by atoms with Crippen LogP contribution < -0.4 is 5.32 Å². The number of amides is 1. The van der Waals surface area contributed by atoms with Crippen LogP contribution >= 0.6 is 15.9 Å². The van der Waals surface area contributed by atoms with Crippen LogP contribution in [-0.2, 0) is 9.53 Å². The van der Waals surface area contributed by atoms with E-state index in [1.807, 2.05) is 26.0 Å². The number of aryl methyl sites for hydroxylation is 2. The molecule has 0 unspecified atom stereocenters. The first-order valence-electron chi connectivity index (χ1n) is 7.26. The molecule has 0 atom stereocenters. The lowest BCUT2D eigenvalue weighted by molar-refractivity contribution is -0.385. The van der Waals surface area contributed by atoms with Crippen molar-refractivity contribution in [2.24, 2.45) is 0 Å². The summed E-state index contributed by atoms with van der Waals surface area (Å²) < 4.78 is 5.16. The molecule has 0 saturated carbocycles. The van der Waals surface area contributed by atoms with E-state index < -0.39 is 23.4 Å². The molecule has 25 heavy (non-hydrogen) atoms. The second-order valence-corrected chi connectivity index (χ2v) is 6.22. The molecule has 0 saturated heterocycles. The molecule has 8 heteroatoms. The molecule has 7 nitrogen and oxygen atoms in total. The molecule has 0 aromatic heterocycles. The number of ether oxygens (including phenoxy) is 1. The maximum absolute atomic E-state index is 12.0. The second kappa shape index (κ2) is 7.89. The summed E-state index contributed by atoms with van der Waals surface area (Å²) in [6, 6.07) is 9.39. The molecule has 2 aromatic carbocycles. The largest absolute Gasteiger partial charge is 0.452 e. The van der Waals surface area contributed by atoms with Gasteiger partial charge >= 0.3 is 5.97 Å². The van der Waals surface area contributed by atoms with Gasteiger partial charge in [0.15, 0.2) is 6.61 Å². The average Bonchev–Trinajstić information content (AvgIpc) is 2.55. The van der Waals surface area contributed by atoms with Gasteiger partial charge in [-0.2, -0.15) is 0 Å². The summed E-state index contributed by atoms with van der Waals surface area (Å²) in [5.41, 5.74) is 2.33. The Morgan fingerprint density at radius 2 is 1.92 bits per heavy atom. The lowest BCUT2D eigenvalue weighted by atomic mass is 10.1. The third-order valence-corrected chi connectivity index (χ3v) is 4.04. The van der Waals surface area contributed by atoms with Crippen molar-refractivity contribution >= 4 is 39.2 Å². The zero-order valence-electron chi connectivity index (χ0n) is 13.5. The molecule has 0 bridgehead atoms. The van der Waals surface area contributed by atoms with Crippen LogP contribution in [0.25, 0.3) is 0 Å². The predicted molar refractivity (Wildman–Crippen MR) is 95.6 cm³/mol. The number of benzene rings is 2. The van der Waals surface area contributed by atoms with Crippen molar-refractivity contribution in [1.82, 2.24) is 0 Å². The van der Waals surface area contributed by atoms with Crippen LogP contribution in [0.1, 0.15) is 21.5 Å². The molecule has 0 fully saturated rings. The van der Waals surface area contributed by atoms with Gasteiger partial charge in [0.25, 0.3) is 11.6 Å². The zero-order chi connectivity index (χ0) is 18.6. The molecule has 0 aliphatic heterocycles. The molecule has 0 radical (unpaired) electrons. The van der Waals surface area contributed by atoms with Crippen molar-refractivity contribution in [2.75, 3.05) is 11.9 Å². The smallest absolute Gasteiger partial charge is 0.338 e. The number of rotatable bonds is 5. The predicted octanol–water partition coefficient (Wildman–Crippen LogP) is 3.77. The normalized spacial score (nSPS) is 10.2. The highest BCUT2D eigenvalue weighted by molar-refractivity contribution is 9.10. The molecule has 1 N–H and O–H groups in total. The fourth-order valence-electron chi connectivity index (χ4n) is 2.13. The Kier molecular flexibility index (Phi) is 5.87. The summed E-state index contributed by atoms with van der Waals surface area (Å²) in [5, 5.41) is 13.5.